The van der Waals surface area contributed by atoms with Crippen molar-refractivity contribution in [3.05, 3.63) is 40.4 Å². The molecule has 6 heteroatoms. The van der Waals surface area contributed by atoms with Crippen LogP contribution >= 0.6 is 22.9 Å². The van der Waals surface area contributed by atoms with Crippen LogP contribution in [0.5, 0.6) is 0 Å². The highest BCUT2D eigenvalue weighted by Gasteiger charge is 2.20. The second-order valence-electron chi connectivity index (χ2n) is 5.70. The van der Waals surface area contributed by atoms with Gasteiger partial charge in [0.2, 0.25) is 0 Å². The van der Waals surface area contributed by atoms with Crippen LogP contribution in [-0.2, 0) is 4.74 Å². The smallest absolute Gasteiger partial charge is 0.273 e. The third kappa shape index (κ3) is 4.10. The highest BCUT2D eigenvalue weighted by atomic mass is 35.5. The quantitative estimate of drug-likeness (QED) is 0.815. The third-order valence-corrected chi connectivity index (χ3v) is 5.11. The van der Waals surface area contributed by atoms with Crippen molar-refractivity contribution in [2.75, 3.05) is 20.2 Å². The Morgan fingerprint density at radius 1 is 1.43 bits per heavy atom. The molecule has 1 saturated heterocycles. The lowest BCUT2D eigenvalue weighted by atomic mass is 10.2. The molecule has 122 valence electrons. The Kier molecular flexibility index (Phi) is 5.30. The van der Waals surface area contributed by atoms with Crippen LogP contribution in [0.4, 0.5) is 0 Å². The van der Waals surface area contributed by atoms with E-state index in [0.717, 1.165) is 36.4 Å². The number of hydrogen-bond acceptors (Lipinski definition) is 4. The summed E-state index contributed by atoms with van der Waals surface area (Å²) in [6.07, 6.45) is 3.40. The SMILES string of the molecule is CN(CC[C@@H]1CCCO1)C(=O)c1csc(-c2ccc(Cl)cc2)n1. The first-order chi connectivity index (χ1) is 11.1. The Morgan fingerprint density at radius 3 is 2.91 bits per heavy atom. The first-order valence-electron chi connectivity index (χ1n) is 7.72. The second-order valence-corrected chi connectivity index (χ2v) is 6.99. The van der Waals surface area contributed by atoms with Crippen LogP contribution in [0.25, 0.3) is 10.6 Å². The monoisotopic (exact) mass is 350 g/mol. The summed E-state index contributed by atoms with van der Waals surface area (Å²) < 4.78 is 5.60. The van der Waals surface area contributed by atoms with Crippen molar-refractivity contribution in [2.45, 2.75) is 25.4 Å². The summed E-state index contributed by atoms with van der Waals surface area (Å²) >= 11 is 7.37. The van der Waals surface area contributed by atoms with Crippen molar-refractivity contribution < 1.29 is 9.53 Å². The normalized spacial score (nSPS) is 17.4. The molecule has 0 unspecified atom stereocenters. The van der Waals surface area contributed by atoms with Gasteiger partial charge in [0.25, 0.3) is 5.91 Å². The highest BCUT2D eigenvalue weighted by molar-refractivity contribution is 7.13. The Bertz CT molecular complexity index is 665. The lowest BCUT2D eigenvalue weighted by Gasteiger charge is -2.18. The van der Waals surface area contributed by atoms with E-state index in [1.165, 1.54) is 11.3 Å². The largest absolute Gasteiger partial charge is 0.378 e. The average molecular weight is 351 g/mol. The lowest BCUT2D eigenvalue weighted by molar-refractivity contribution is 0.0711. The van der Waals surface area contributed by atoms with Crippen LogP contribution in [0.3, 0.4) is 0 Å². The second kappa shape index (κ2) is 7.43. The maximum Gasteiger partial charge on any atom is 0.273 e. The third-order valence-electron chi connectivity index (χ3n) is 3.97. The zero-order chi connectivity index (χ0) is 16.2. The molecule has 2 aromatic rings. The van der Waals surface area contributed by atoms with Gasteiger partial charge in [-0.15, -0.1) is 11.3 Å². The summed E-state index contributed by atoms with van der Waals surface area (Å²) in [6, 6.07) is 7.48. The number of hydrogen-bond donors (Lipinski definition) is 0. The van der Waals surface area contributed by atoms with E-state index in [2.05, 4.69) is 4.98 Å². The van der Waals surface area contributed by atoms with Gasteiger partial charge in [-0.2, -0.15) is 0 Å². The van der Waals surface area contributed by atoms with Gasteiger partial charge in [0.1, 0.15) is 10.7 Å². The molecule has 1 aromatic carbocycles. The number of benzene rings is 1. The van der Waals surface area contributed by atoms with Gasteiger partial charge in [-0.25, -0.2) is 4.98 Å². The Hall–Kier alpha value is -1.43. The standard InChI is InChI=1S/C17H19ClN2O2S/c1-20(9-8-14-3-2-10-22-14)17(21)15-11-23-16(19-15)12-4-6-13(18)7-5-12/h4-7,11,14H,2-3,8-10H2,1H3/t14-/m0/s1. The molecule has 1 aromatic heterocycles. The predicted molar refractivity (Wildman–Crippen MR) is 93.1 cm³/mol. The summed E-state index contributed by atoms with van der Waals surface area (Å²) in [6.45, 7) is 1.54. The van der Waals surface area contributed by atoms with Crippen LogP contribution in [0.1, 0.15) is 29.8 Å². The topological polar surface area (TPSA) is 42.4 Å². The van der Waals surface area contributed by atoms with E-state index in [1.807, 2.05) is 36.7 Å². The number of carbonyl (C=O) groups is 1. The average Bonchev–Trinajstić information content (AvgIpc) is 3.24. The first-order valence-corrected chi connectivity index (χ1v) is 8.98. The fraction of sp³-hybridized carbons (Fsp3) is 0.412. The van der Waals surface area contributed by atoms with Crippen LogP contribution in [0.2, 0.25) is 5.02 Å². The number of nitrogens with zero attached hydrogens (tertiary/aromatic N) is 2. The van der Waals surface area contributed by atoms with Gasteiger partial charge < -0.3 is 9.64 Å². The van der Waals surface area contributed by atoms with Gasteiger partial charge in [-0.05, 0) is 31.4 Å². The van der Waals surface area contributed by atoms with Crippen LogP contribution in [0, 0.1) is 0 Å². The van der Waals surface area contributed by atoms with Crippen LogP contribution < -0.4 is 0 Å². The van der Waals surface area contributed by atoms with Gasteiger partial charge in [0.15, 0.2) is 0 Å². The molecular formula is C17H19ClN2O2S. The minimum atomic E-state index is -0.0422. The van der Waals surface area contributed by atoms with Crippen molar-refractivity contribution in [1.29, 1.82) is 0 Å². The molecule has 1 aliphatic rings. The number of amides is 1. The van der Waals surface area contributed by atoms with E-state index in [4.69, 9.17) is 16.3 Å². The van der Waals surface area contributed by atoms with Gasteiger partial charge >= 0.3 is 0 Å². The summed E-state index contributed by atoms with van der Waals surface area (Å²) in [4.78, 5) is 18.6. The van der Waals surface area contributed by atoms with Crippen molar-refractivity contribution in [2.24, 2.45) is 0 Å². The molecule has 0 bridgehead atoms. The van der Waals surface area contributed by atoms with Crippen molar-refractivity contribution in [3.8, 4) is 10.6 Å². The lowest BCUT2D eigenvalue weighted by Crippen LogP contribution is -2.30. The van der Waals surface area contributed by atoms with Crippen LogP contribution in [-0.4, -0.2) is 42.1 Å². The molecule has 0 N–H and O–H groups in total. The van der Waals surface area contributed by atoms with Gasteiger partial charge in [0.05, 0.1) is 6.10 Å². The van der Waals surface area contributed by atoms with Crippen molar-refractivity contribution in [3.63, 3.8) is 0 Å². The maximum atomic E-state index is 12.5. The minimum Gasteiger partial charge on any atom is -0.378 e. The fourth-order valence-corrected chi connectivity index (χ4v) is 3.53. The molecule has 3 rings (SSSR count). The van der Waals surface area contributed by atoms with Crippen LogP contribution in [0.15, 0.2) is 29.6 Å². The number of carbonyl (C=O) groups excluding carboxylic acids is 1. The zero-order valence-corrected chi connectivity index (χ0v) is 14.6. The van der Waals surface area contributed by atoms with Gasteiger partial charge in [0, 0.05) is 36.2 Å². The maximum absolute atomic E-state index is 12.5. The van der Waals surface area contributed by atoms with Gasteiger partial charge in [-0.1, -0.05) is 23.7 Å². The van der Waals surface area contributed by atoms with E-state index in [-0.39, 0.29) is 5.91 Å². The molecule has 2 heterocycles. The molecule has 23 heavy (non-hydrogen) atoms. The highest BCUT2D eigenvalue weighted by Crippen LogP contribution is 2.25. The number of rotatable bonds is 5. The van der Waals surface area contributed by atoms with Gasteiger partial charge in [-0.3, -0.25) is 4.79 Å². The number of thiazole rings is 1. The molecule has 1 atom stereocenters. The van der Waals surface area contributed by atoms with E-state index >= 15 is 0 Å². The summed E-state index contributed by atoms with van der Waals surface area (Å²) in [5.74, 6) is -0.0422. The number of ether oxygens (including phenoxy) is 1. The van der Waals surface area contributed by atoms with E-state index in [9.17, 15) is 4.79 Å². The number of halogens is 1. The molecule has 0 aliphatic carbocycles. The predicted octanol–water partition coefficient (Wildman–Crippen LogP) is 4.10. The Labute approximate surface area is 145 Å². The summed E-state index contributed by atoms with van der Waals surface area (Å²) in [5, 5.41) is 3.34. The molecule has 1 aliphatic heterocycles. The minimum absolute atomic E-state index is 0.0422. The van der Waals surface area contributed by atoms with Crippen molar-refractivity contribution in [1.82, 2.24) is 9.88 Å². The summed E-state index contributed by atoms with van der Waals surface area (Å²) in [5.41, 5.74) is 1.47. The summed E-state index contributed by atoms with van der Waals surface area (Å²) in [7, 11) is 1.82. The molecule has 4 nitrogen and oxygen atoms in total. The van der Waals surface area contributed by atoms with E-state index in [0.29, 0.717) is 23.4 Å². The van der Waals surface area contributed by atoms with Crippen molar-refractivity contribution >= 4 is 28.8 Å². The molecule has 0 spiro atoms. The molecule has 0 radical (unpaired) electrons. The van der Waals surface area contributed by atoms with E-state index < -0.39 is 0 Å². The molecule has 1 amide bonds. The number of aromatic nitrogens is 1. The van der Waals surface area contributed by atoms with E-state index in [1.54, 1.807) is 4.90 Å². The first kappa shape index (κ1) is 16.4. The molecule has 1 fully saturated rings. The molecular weight excluding hydrogens is 332 g/mol. The Balaban J connectivity index is 1.62. The zero-order valence-electron chi connectivity index (χ0n) is 13.0. The fourth-order valence-electron chi connectivity index (χ4n) is 2.60. The Morgan fingerprint density at radius 2 is 2.22 bits per heavy atom. The molecule has 0 saturated carbocycles.